The standard InChI is InChI=1S/C3H4F2NOS/c1-8-3(4,5)2(6)7/h6H,1H3. The van der Waals surface area contributed by atoms with Gasteiger partial charge in [-0.25, -0.2) is 0 Å². The molecule has 0 aliphatic rings. The highest BCUT2D eigenvalue weighted by atomic mass is 32.2. The molecule has 1 amide bonds. The van der Waals surface area contributed by atoms with Gasteiger partial charge in [0, 0.05) is 0 Å². The highest BCUT2D eigenvalue weighted by Crippen LogP contribution is 2.25. The van der Waals surface area contributed by atoms with Gasteiger partial charge in [-0.2, -0.15) is 8.78 Å². The summed E-state index contributed by atoms with van der Waals surface area (Å²) in [4.78, 5) is 9.59. The minimum atomic E-state index is -3.51. The number of carbonyl (C=O) groups is 1. The van der Waals surface area contributed by atoms with Crippen LogP contribution in [0, 0.1) is 0 Å². The Morgan fingerprint density at radius 1 is 1.75 bits per heavy atom. The van der Waals surface area contributed by atoms with E-state index in [-0.39, 0.29) is 11.8 Å². The van der Waals surface area contributed by atoms with Gasteiger partial charge >= 0.3 is 11.2 Å². The Bertz CT molecular complexity index is 105. The largest absolute Gasteiger partial charge is 0.372 e. The zero-order valence-electron chi connectivity index (χ0n) is 4.07. The molecular formula is C3H4F2NOS. The maximum absolute atomic E-state index is 11.7. The normalized spacial score (nSPS) is 11.4. The highest BCUT2D eigenvalue weighted by molar-refractivity contribution is 8.00. The molecule has 0 fully saturated rings. The number of hydrogen-bond acceptors (Lipinski definition) is 2. The quantitative estimate of drug-likeness (QED) is 0.568. The molecule has 1 radical (unpaired) electrons. The van der Waals surface area contributed by atoms with Gasteiger partial charge in [0.25, 0.3) is 0 Å². The molecule has 0 unspecified atom stereocenters. The second-order valence-corrected chi connectivity index (χ2v) is 1.97. The molecule has 0 aromatic rings. The van der Waals surface area contributed by atoms with Crippen molar-refractivity contribution in [2.45, 2.75) is 5.25 Å². The van der Waals surface area contributed by atoms with Crippen LogP contribution in [0.1, 0.15) is 0 Å². The number of alkyl halides is 2. The molecule has 0 heterocycles. The van der Waals surface area contributed by atoms with Gasteiger partial charge in [0.2, 0.25) is 0 Å². The van der Waals surface area contributed by atoms with Gasteiger partial charge in [0.05, 0.1) is 0 Å². The molecule has 0 aromatic heterocycles. The van der Waals surface area contributed by atoms with E-state index in [4.69, 9.17) is 5.73 Å². The lowest BCUT2D eigenvalue weighted by Crippen LogP contribution is -2.24. The monoisotopic (exact) mass is 140 g/mol. The summed E-state index contributed by atoms with van der Waals surface area (Å²) in [6, 6.07) is 0. The Morgan fingerprint density at radius 3 is 2.12 bits per heavy atom. The molecule has 0 rings (SSSR count). The van der Waals surface area contributed by atoms with E-state index < -0.39 is 11.2 Å². The molecule has 1 N–H and O–H groups in total. The average molecular weight is 140 g/mol. The van der Waals surface area contributed by atoms with E-state index in [1.54, 1.807) is 0 Å². The summed E-state index contributed by atoms with van der Waals surface area (Å²) in [5.41, 5.74) is 5.97. The molecule has 0 saturated carbocycles. The van der Waals surface area contributed by atoms with Gasteiger partial charge in [-0.3, -0.25) is 10.5 Å². The van der Waals surface area contributed by atoms with Crippen molar-refractivity contribution in [3.8, 4) is 0 Å². The predicted octanol–water partition coefficient (Wildman–Crippen LogP) is 0.752. The van der Waals surface area contributed by atoms with Crippen molar-refractivity contribution >= 4 is 17.7 Å². The van der Waals surface area contributed by atoms with Crippen LogP contribution in [0.15, 0.2) is 0 Å². The van der Waals surface area contributed by atoms with E-state index in [1.165, 1.54) is 0 Å². The van der Waals surface area contributed by atoms with Crippen LogP contribution in [-0.4, -0.2) is 17.4 Å². The van der Waals surface area contributed by atoms with Gasteiger partial charge in [0.15, 0.2) is 0 Å². The fraction of sp³-hybridized carbons (Fsp3) is 0.667. The van der Waals surface area contributed by atoms with Gasteiger partial charge in [-0.05, 0) is 6.26 Å². The summed E-state index contributed by atoms with van der Waals surface area (Å²) in [7, 11) is 0. The Labute approximate surface area is 49.4 Å². The Morgan fingerprint density at radius 2 is 2.12 bits per heavy atom. The molecular weight excluding hydrogens is 136 g/mol. The SMILES string of the molecule is CSC(F)(F)C([NH])=O. The fourth-order valence-electron chi connectivity index (χ4n) is 0.0927. The lowest BCUT2D eigenvalue weighted by molar-refractivity contribution is -0.132. The fourth-order valence-corrected chi connectivity index (χ4v) is 0.278. The lowest BCUT2D eigenvalue weighted by Gasteiger charge is -2.04. The van der Waals surface area contributed by atoms with Crippen LogP contribution in [0.5, 0.6) is 0 Å². The predicted molar refractivity (Wildman–Crippen MR) is 26.6 cm³/mol. The van der Waals surface area contributed by atoms with Crippen molar-refractivity contribution in [2.75, 3.05) is 6.26 Å². The number of hydrogen-bond donors (Lipinski definition) is 0. The molecule has 47 valence electrons. The van der Waals surface area contributed by atoms with Crippen LogP contribution in [-0.2, 0) is 4.79 Å². The number of carbonyl (C=O) groups excluding carboxylic acids is 1. The number of rotatable bonds is 2. The first-order chi connectivity index (χ1) is 3.50. The van der Waals surface area contributed by atoms with E-state index in [0.717, 1.165) is 6.26 Å². The van der Waals surface area contributed by atoms with E-state index in [2.05, 4.69) is 0 Å². The second-order valence-electron chi connectivity index (χ2n) is 1.05. The van der Waals surface area contributed by atoms with Crippen LogP contribution in [0.2, 0.25) is 0 Å². The van der Waals surface area contributed by atoms with Crippen LogP contribution in [0.25, 0.3) is 0 Å². The minimum absolute atomic E-state index is 0.0648. The first kappa shape index (κ1) is 7.68. The van der Waals surface area contributed by atoms with Crippen LogP contribution in [0.3, 0.4) is 0 Å². The second kappa shape index (κ2) is 2.30. The molecule has 0 aromatic carbocycles. The summed E-state index contributed by atoms with van der Waals surface area (Å²) in [6.07, 6.45) is 1.08. The van der Waals surface area contributed by atoms with Crippen molar-refractivity contribution in [1.29, 1.82) is 0 Å². The Hall–Kier alpha value is -0.320. The van der Waals surface area contributed by atoms with E-state index in [0.29, 0.717) is 0 Å². The summed E-state index contributed by atoms with van der Waals surface area (Å²) >= 11 is 0.0648. The van der Waals surface area contributed by atoms with E-state index in [1.807, 2.05) is 0 Å². The smallest absolute Gasteiger partial charge is 0.265 e. The first-order valence-corrected chi connectivity index (χ1v) is 2.92. The maximum atomic E-state index is 11.7. The van der Waals surface area contributed by atoms with Crippen molar-refractivity contribution < 1.29 is 13.6 Å². The van der Waals surface area contributed by atoms with Crippen LogP contribution in [0.4, 0.5) is 8.78 Å². The molecule has 0 bridgehead atoms. The third-order valence-electron chi connectivity index (χ3n) is 0.521. The molecule has 0 atom stereocenters. The highest BCUT2D eigenvalue weighted by Gasteiger charge is 2.35. The summed E-state index contributed by atoms with van der Waals surface area (Å²) < 4.78 is 23.4. The minimum Gasteiger partial charge on any atom is -0.265 e. The Kier molecular flexibility index (Phi) is 2.21. The topological polar surface area (TPSA) is 40.9 Å². The molecule has 2 nitrogen and oxygen atoms in total. The number of halogens is 2. The lowest BCUT2D eigenvalue weighted by atomic mass is 10.7. The zero-order chi connectivity index (χ0) is 6.78. The first-order valence-electron chi connectivity index (χ1n) is 1.69. The summed E-state index contributed by atoms with van der Waals surface area (Å²) in [5.74, 6) is -1.84. The third-order valence-corrected chi connectivity index (χ3v) is 1.22. The van der Waals surface area contributed by atoms with Gasteiger partial charge in [-0.15, -0.1) is 0 Å². The third kappa shape index (κ3) is 1.65. The molecule has 8 heavy (non-hydrogen) atoms. The molecule has 0 aliphatic heterocycles. The number of thioether (sulfide) groups is 1. The van der Waals surface area contributed by atoms with Gasteiger partial charge < -0.3 is 0 Å². The van der Waals surface area contributed by atoms with E-state index in [9.17, 15) is 13.6 Å². The molecule has 0 saturated heterocycles. The van der Waals surface area contributed by atoms with Crippen molar-refractivity contribution in [3.63, 3.8) is 0 Å². The Balaban J connectivity index is 3.91. The molecule has 0 spiro atoms. The molecule has 5 heteroatoms. The maximum Gasteiger partial charge on any atom is 0.372 e. The van der Waals surface area contributed by atoms with Gasteiger partial charge in [-0.1, -0.05) is 11.8 Å². The summed E-state index contributed by atoms with van der Waals surface area (Å²) in [6.45, 7) is 0. The van der Waals surface area contributed by atoms with Crippen molar-refractivity contribution in [2.24, 2.45) is 0 Å². The zero-order valence-corrected chi connectivity index (χ0v) is 4.89. The average Bonchev–Trinajstić information content (AvgIpc) is 1.67. The summed E-state index contributed by atoms with van der Waals surface area (Å²) in [5, 5.41) is -3.51. The van der Waals surface area contributed by atoms with E-state index >= 15 is 0 Å². The number of nitrogens with one attached hydrogen (secondary N) is 1. The van der Waals surface area contributed by atoms with Crippen LogP contribution < -0.4 is 5.73 Å². The van der Waals surface area contributed by atoms with Crippen molar-refractivity contribution in [3.05, 3.63) is 0 Å². The van der Waals surface area contributed by atoms with Crippen molar-refractivity contribution in [1.82, 2.24) is 5.73 Å². The number of amides is 1. The van der Waals surface area contributed by atoms with Crippen LogP contribution >= 0.6 is 11.8 Å². The molecule has 0 aliphatic carbocycles. The van der Waals surface area contributed by atoms with Gasteiger partial charge in [0.1, 0.15) is 0 Å².